The van der Waals surface area contributed by atoms with Crippen LogP contribution in [0.2, 0.25) is 0 Å². The van der Waals surface area contributed by atoms with E-state index in [1.54, 1.807) is 7.11 Å². The molecule has 0 radical (unpaired) electrons. The molecule has 0 aromatic rings. The minimum atomic E-state index is -0.981. The van der Waals surface area contributed by atoms with Crippen LogP contribution in [-0.2, 0) is 4.74 Å². The topological polar surface area (TPSA) is 65.7 Å². The minimum absolute atomic E-state index is 0.0235. The first-order chi connectivity index (χ1) is 11.4. The van der Waals surface area contributed by atoms with Gasteiger partial charge < -0.3 is 9.84 Å². The predicted molar refractivity (Wildman–Crippen MR) is 92.4 cm³/mol. The Morgan fingerprint density at radius 2 is 1.96 bits per heavy atom. The molecular weight excluding hydrogens is 300 g/mol. The third-order valence-electron chi connectivity index (χ3n) is 7.78. The Morgan fingerprint density at radius 3 is 2.67 bits per heavy atom. The lowest BCUT2D eigenvalue weighted by atomic mass is 9.50. The summed E-state index contributed by atoms with van der Waals surface area (Å²) in [6.07, 6.45) is 14.9. The Balaban J connectivity index is 1.73. The number of fused-ring (bicyclic) bond motifs is 5. The van der Waals surface area contributed by atoms with Gasteiger partial charge in [-0.1, -0.05) is 44.2 Å². The van der Waals surface area contributed by atoms with E-state index in [0.717, 1.165) is 25.7 Å². The van der Waals surface area contributed by atoms with Crippen LogP contribution in [0.5, 0.6) is 0 Å². The van der Waals surface area contributed by atoms with Crippen molar-refractivity contribution in [3.63, 3.8) is 0 Å². The molecule has 0 aliphatic heterocycles. The number of nitrogens with one attached hydrogen (secondary N) is 1. The van der Waals surface area contributed by atoms with Crippen LogP contribution in [0.4, 0.5) is 0 Å². The average Bonchev–Trinajstić information content (AvgIpc) is 2.86. The molecule has 0 heterocycles. The quantitative estimate of drug-likeness (QED) is 0.452. The molecule has 4 rings (SSSR count). The third kappa shape index (κ3) is 1.87. The maximum atomic E-state index is 11.0. The lowest BCUT2D eigenvalue weighted by Crippen LogP contribution is -2.54. The van der Waals surface area contributed by atoms with E-state index in [0.29, 0.717) is 17.8 Å². The molecule has 2 saturated carbocycles. The van der Waals surface area contributed by atoms with Crippen molar-refractivity contribution in [1.82, 2.24) is 0 Å². The first-order valence-electron chi connectivity index (χ1n) is 9.12. The number of aliphatic hydroxyl groups is 1. The number of methoxy groups -OCH3 is 1. The number of hydrogen-bond acceptors (Lipinski definition) is 4. The van der Waals surface area contributed by atoms with Crippen molar-refractivity contribution in [3.8, 4) is 0 Å². The summed E-state index contributed by atoms with van der Waals surface area (Å²) in [5.41, 5.74) is 8.46. The van der Waals surface area contributed by atoms with Crippen molar-refractivity contribution in [3.05, 3.63) is 36.0 Å². The fraction of sp³-hybridized carbons (Fsp3) is 0.700. The van der Waals surface area contributed by atoms with E-state index in [1.165, 1.54) is 5.57 Å². The highest BCUT2D eigenvalue weighted by molar-refractivity contribution is 5.42. The van der Waals surface area contributed by atoms with Gasteiger partial charge in [0, 0.05) is 24.4 Å². The van der Waals surface area contributed by atoms with Crippen LogP contribution in [-0.4, -0.2) is 24.0 Å². The van der Waals surface area contributed by atoms with E-state index < -0.39 is 5.79 Å². The van der Waals surface area contributed by atoms with Crippen LogP contribution in [0.25, 0.3) is 0 Å². The zero-order valence-corrected chi connectivity index (χ0v) is 14.8. The molecule has 0 aromatic carbocycles. The molecular formula is C20H28N2O2. The second kappa shape index (κ2) is 5.12. The van der Waals surface area contributed by atoms with E-state index in [9.17, 15) is 5.11 Å². The normalized spacial score (nSPS) is 52.2. The van der Waals surface area contributed by atoms with E-state index in [-0.39, 0.29) is 16.9 Å². The van der Waals surface area contributed by atoms with Crippen molar-refractivity contribution in [2.24, 2.45) is 33.7 Å². The van der Waals surface area contributed by atoms with Crippen molar-refractivity contribution >= 4 is 0 Å². The molecule has 0 amide bonds. The smallest absolute Gasteiger partial charge is 0.170 e. The van der Waals surface area contributed by atoms with Crippen molar-refractivity contribution in [2.75, 3.05) is 7.11 Å². The average molecular weight is 328 g/mol. The Morgan fingerprint density at radius 1 is 1.21 bits per heavy atom. The molecule has 0 saturated heterocycles. The Bertz CT molecular complexity index is 654. The van der Waals surface area contributed by atoms with E-state index in [4.69, 9.17) is 10.3 Å². The van der Waals surface area contributed by atoms with Gasteiger partial charge in [-0.15, -0.1) is 0 Å². The highest BCUT2D eigenvalue weighted by Gasteiger charge is 2.63. The number of nitrogens with zero attached hydrogens (tertiary/aromatic N) is 1. The molecule has 2 N–H and O–H groups in total. The lowest BCUT2D eigenvalue weighted by Gasteiger charge is -2.56. The van der Waals surface area contributed by atoms with Gasteiger partial charge >= 0.3 is 0 Å². The molecule has 2 fully saturated rings. The molecule has 4 heteroatoms. The molecule has 4 nitrogen and oxygen atoms in total. The summed E-state index contributed by atoms with van der Waals surface area (Å²) in [6.45, 7) is 4.55. The Hall–Kier alpha value is -1.26. The van der Waals surface area contributed by atoms with Gasteiger partial charge in [0.1, 0.15) is 6.04 Å². The first kappa shape index (κ1) is 16.2. The highest BCUT2D eigenvalue weighted by atomic mass is 16.6. The van der Waals surface area contributed by atoms with Crippen LogP contribution >= 0.6 is 0 Å². The minimum Gasteiger partial charge on any atom is -0.365 e. The molecule has 0 aromatic heterocycles. The molecule has 0 bridgehead atoms. The van der Waals surface area contributed by atoms with Gasteiger partial charge in [-0.3, -0.25) is 0 Å². The summed E-state index contributed by atoms with van der Waals surface area (Å²) in [5, 5.41) is 14.7. The number of rotatable bonds is 2. The Kier molecular flexibility index (Phi) is 3.46. The Labute approximate surface area is 144 Å². The number of ether oxygens (including phenoxy) is 1. The van der Waals surface area contributed by atoms with E-state index in [2.05, 4.69) is 49.3 Å². The van der Waals surface area contributed by atoms with Crippen LogP contribution in [0, 0.1) is 34.1 Å². The van der Waals surface area contributed by atoms with Crippen LogP contribution in [0.1, 0.15) is 39.5 Å². The molecule has 4 aliphatic rings. The van der Waals surface area contributed by atoms with E-state index in [1.807, 2.05) is 0 Å². The zero-order valence-electron chi connectivity index (χ0n) is 14.8. The van der Waals surface area contributed by atoms with Gasteiger partial charge in [-0.05, 0) is 42.6 Å². The SMILES string of the molecule is CO[C@]1(O)CCC2C3C=CC4=CC(N=N)C=C[C@]4(C)C3CC[C@@]21C. The maximum Gasteiger partial charge on any atom is 0.170 e. The highest BCUT2D eigenvalue weighted by Crippen LogP contribution is 2.65. The van der Waals surface area contributed by atoms with Crippen LogP contribution in [0.15, 0.2) is 41.1 Å². The number of allylic oxidation sites excluding steroid dienone is 4. The largest absolute Gasteiger partial charge is 0.365 e. The van der Waals surface area contributed by atoms with Crippen LogP contribution < -0.4 is 0 Å². The van der Waals surface area contributed by atoms with Crippen LogP contribution in [0.3, 0.4) is 0 Å². The van der Waals surface area contributed by atoms with Gasteiger partial charge in [-0.2, -0.15) is 5.11 Å². The monoisotopic (exact) mass is 328 g/mol. The standard InChI is InChI=1S/C20H28N2O2/c1-18-9-6-14(22-21)12-13(18)4-5-15-16(18)7-10-19(2)17(15)8-11-20(19,23)24-3/h4-6,9,12,14-17,21,23H,7-8,10-11H2,1-3H3/t14?,15?,16?,17?,18-,19-,20+/m0/s1. The first-order valence-corrected chi connectivity index (χ1v) is 9.12. The van der Waals surface area contributed by atoms with Crippen molar-refractivity contribution in [2.45, 2.75) is 51.4 Å². The molecule has 24 heavy (non-hydrogen) atoms. The van der Waals surface area contributed by atoms with Gasteiger partial charge in [-0.25, -0.2) is 5.53 Å². The fourth-order valence-corrected chi connectivity index (χ4v) is 6.16. The summed E-state index contributed by atoms with van der Waals surface area (Å²) >= 11 is 0. The van der Waals surface area contributed by atoms with Gasteiger partial charge in [0.25, 0.3) is 0 Å². The van der Waals surface area contributed by atoms with Crippen molar-refractivity contribution in [1.29, 1.82) is 5.53 Å². The summed E-state index contributed by atoms with van der Waals surface area (Å²) < 4.78 is 5.58. The maximum absolute atomic E-state index is 11.0. The van der Waals surface area contributed by atoms with Gasteiger partial charge in [0.05, 0.1) is 0 Å². The molecule has 130 valence electrons. The van der Waals surface area contributed by atoms with Gasteiger partial charge in [0.15, 0.2) is 5.79 Å². The van der Waals surface area contributed by atoms with E-state index >= 15 is 0 Å². The number of hydrogen-bond donors (Lipinski definition) is 2. The third-order valence-corrected chi connectivity index (χ3v) is 7.78. The van der Waals surface area contributed by atoms with Gasteiger partial charge in [0.2, 0.25) is 0 Å². The molecule has 4 unspecified atom stereocenters. The molecule has 7 atom stereocenters. The molecule has 0 spiro atoms. The lowest BCUT2D eigenvalue weighted by molar-refractivity contribution is -0.260. The second-order valence-electron chi connectivity index (χ2n) is 8.52. The van der Waals surface area contributed by atoms with Crippen molar-refractivity contribution < 1.29 is 9.84 Å². The predicted octanol–water partition coefficient (Wildman–Crippen LogP) is 4.24. The second-order valence-corrected chi connectivity index (χ2v) is 8.52. The summed E-state index contributed by atoms with van der Waals surface area (Å²) in [7, 11) is 1.65. The summed E-state index contributed by atoms with van der Waals surface area (Å²) in [4.78, 5) is 0. The fourth-order valence-electron chi connectivity index (χ4n) is 6.16. The zero-order chi connectivity index (χ0) is 17.2. The summed E-state index contributed by atoms with van der Waals surface area (Å²) in [6, 6.07) is -0.117. The summed E-state index contributed by atoms with van der Waals surface area (Å²) in [5.74, 6) is 0.506. The molecule has 4 aliphatic carbocycles.